The second-order valence-electron chi connectivity index (χ2n) is 7.16. The number of aromatic nitrogens is 1. The van der Waals surface area contributed by atoms with Crippen LogP contribution in [0.25, 0.3) is 10.9 Å². The van der Waals surface area contributed by atoms with Crippen LogP contribution in [-0.2, 0) is 6.42 Å². The van der Waals surface area contributed by atoms with Crippen molar-refractivity contribution in [2.24, 2.45) is 0 Å². The number of fused-ring (bicyclic) bond motifs is 2. The van der Waals surface area contributed by atoms with Crippen LogP contribution in [0.1, 0.15) is 35.5 Å². The van der Waals surface area contributed by atoms with Gasteiger partial charge in [0.1, 0.15) is 23.4 Å². The van der Waals surface area contributed by atoms with Crippen molar-refractivity contribution in [3.05, 3.63) is 53.2 Å². The molecule has 2 heterocycles. The summed E-state index contributed by atoms with van der Waals surface area (Å²) in [5.74, 6) is 1.91. The van der Waals surface area contributed by atoms with Crippen molar-refractivity contribution in [3.8, 4) is 17.2 Å². The molecule has 1 aliphatic rings. The minimum atomic E-state index is -0.244. The smallest absolute Gasteiger partial charge is 0.257 e. The summed E-state index contributed by atoms with van der Waals surface area (Å²) >= 11 is 0. The molecule has 0 radical (unpaired) electrons. The Morgan fingerprint density at radius 2 is 2.10 bits per heavy atom. The van der Waals surface area contributed by atoms with Gasteiger partial charge in [0.25, 0.3) is 5.91 Å². The maximum absolute atomic E-state index is 13.1. The lowest BCUT2D eigenvalue weighted by Crippen LogP contribution is -2.15. The van der Waals surface area contributed by atoms with E-state index in [1.165, 1.54) is 0 Å². The van der Waals surface area contributed by atoms with Crippen LogP contribution in [0.5, 0.6) is 17.2 Å². The number of rotatable bonds is 5. The molecule has 0 saturated heterocycles. The molecule has 0 fully saturated rings. The summed E-state index contributed by atoms with van der Waals surface area (Å²) in [5.41, 5.74) is 3.66. The maximum atomic E-state index is 13.1. The highest BCUT2D eigenvalue weighted by molar-refractivity contribution is 6.07. The standard InChI is InChI=1S/C23H24N2O4/c1-5-28-22-11-16-8-13(2)29-21(16)12-20(22)25-23(26)18-10-15-9-17(27-4)6-7-19(15)24-14(18)3/h6-7,9-13H,5,8H2,1-4H3,(H,25,26)/t13-/m1/s1. The Morgan fingerprint density at radius 3 is 2.86 bits per heavy atom. The van der Waals surface area contributed by atoms with Crippen LogP contribution in [0.4, 0.5) is 5.69 Å². The highest BCUT2D eigenvalue weighted by atomic mass is 16.5. The Morgan fingerprint density at radius 1 is 1.28 bits per heavy atom. The van der Waals surface area contributed by atoms with Crippen LogP contribution in [0, 0.1) is 6.92 Å². The van der Waals surface area contributed by atoms with E-state index in [9.17, 15) is 4.79 Å². The van der Waals surface area contributed by atoms with Crippen LogP contribution < -0.4 is 19.5 Å². The van der Waals surface area contributed by atoms with Gasteiger partial charge in [0.2, 0.25) is 0 Å². The molecule has 0 spiro atoms. The fourth-order valence-electron chi connectivity index (χ4n) is 3.61. The fourth-order valence-corrected chi connectivity index (χ4v) is 3.61. The van der Waals surface area contributed by atoms with E-state index in [0.717, 1.165) is 34.4 Å². The van der Waals surface area contributed by atoms with Crippen molar-refractivity contribution in [2.45, 2.75) is 33.3 Å². The average molecular weight is 392 g/mol. The summed E-state index contributed by atoms with van der Waals surface area (Å²) in [7, 11) is 1.61. The molecule has 1 atom stereocenters. The van der Waals surface area contributed by atoms with Gasteiger partial charge in [-0.15, -0.1) is 0 Å². The quantitative estimate of drug-likeness (QED) is 0.691. The number of methoxy groups -OCH3 is 1. The topological polar surface area (TPSA) is 69.7 Å². The molecule has 1 aromatic heterocycles. The Bertz CT molecular complexity index is 1090. The van der Waals surface area contributed by atoms with E-state index in [4.69, 9.17) is 14.2 Å². The largest absolute Gasteiger partial charge is 0.497 e. The minimum Gasteiger partial charge on any atom is -0.497 e. The molecule has 1 aliphatic heterocycles. The number of carbonyl (C=O) groups excluding carboxylic acids is 1. The lowest BCUT2D eigenvalue weighted by molar-refractivity contribution is 0.102. The van der Waals surface area contributed by atoms with Gasteiger partial charge in [-0.3, -0.25) is 9.78 Å². The van der Waals surface area contributed by atoms with Gasteiger partial charge in [-0.05, 0) is 51.1 Å². The van der Waals surface area contributed by atoms with Gasteiger partial charge in [0.15, 0.2) is 0 Å². The average Bonchev–Trinajstić information content (AvgIpc) is 3.06. The first-order chi connectivity index (χ1) is 14.0. The van der Waals surface area contributed by atoms with Gasteiger partial charge in [0.05, 0.1) is 36.2 Å². The van der Waals surface area contributed by atoms with E-state index in [0.29, 0.717) is 29.3 Å². The normalized spacial score (nSPS) is 15.0. The molecule has 6 nitrogen and oxygen atoms in total. The highest BCUT2D eigenvalue weighted by Crippen LogP contribution is 2.38. The molecule has 3 aromatic rings. The molecule has 150 valence electrons. The van der Waals surface area contributed by atoms with Crippen molar-refractivity contribution >= 4 is 22.5 Å². The van der Waals surface area contributed by atoms with E-state index in [1.54, 1.807) is 7.11 Å². The van der Waals surface area contributed by atoms with E-state index >= 15 is 0 Å². The van der Waals surface area contributed by atoms with Crippen LogP contribution in [0.3, 0.4) is 0 Å². The molecule has 0 aliphatic carbocycles. The third-order valence-electron chi connectivity index (χ3n) is 5.00. The number of nitrogens with zero attached hydrogens (tertiary/aromatic N) is 1. The summed E-state index contributed by atoms with van der Waals surface area (Å²) in [6.07, 6.45) is 0.950. The van der Waals surface area contributed by atoms with Gasteiger partial charge < -0.3 is 19.5 Å². The first-order valence-corrected chi connectivity index (χ1v) is 9.71. The Kier molecular flexibility index (Phi) is 5.01. The van der Waals surface area contributed by atoms with Crippen LogP contribution in [-0.4, -0.2) is 30.7 Å². The van der Waals surface area contributed by atoms with E-state index in [-0.39, 0.29) is 12.0 Å². The Balaban J connectivity index is 1.69. The molecule has 2 aromatic carbocycles. The zero-order chi connectivity index (χ0) is 20.5. The minimum absolute atomic E-state index is 0.118. The van der Waals surface area contributed by atoms with Gasteiger partial charge >= 0.3 is 0 Å². The molecule has 4 rings (SSSR count). The summed E-state index contributed by atoms with van der Waals surface area (Å²) in [6.45, 7) is 6.28. The van der Waals surface area contributed by atoms with Gasteiger partial charge in [0, 0.05) is 23.4 Å². The zero-order valence-corrected chi connectivity index (χ0v) is 17.0. The van der Waals surface area contributed by atoms with Crippen molar-refractivity contribution in [2.75, 3.05) is 19.0 Å². The fraction of sp³-hybridized carbons (Fsp3) is 0.304. The summed E-state index contributed by atoms with van der Waals surface area (Å²) in [4.78, 5) is 17.6. The lowest BCUT2D eigenvalue weighted by atomic mass is 10.1. The SMILES string of the molecule is CCOc1cc2c(cc1NC(=O)c1cc3cc(OC)ccc3nc1C)O[C@H](C)C2. The third-order valence-corrected chi connectivity index (χ3v) is 5.00. The van der Waals surface area contributed by atoms with Crippen LogP contribution in [0.15, 0.2) is 36.4 Å². The lowest BCUT2D eigenvalue weighted by Gasteiger charge is -2.14. The second-order valence-corrected chi connectivity index (χ2v) is 7.16. The first kappa shape index (κ1) is 19.1. The zero-order valence-electron chi connectivity index (χ0n) is 17.0. The predicted octanol–water partition coefficient (Wildman–Crippen LogP) is 4.53. The molecule has 0 bridgehead atoms. The van der Waals surface area contributed by atoms with Crippen molar-refractivity contribution in [3.63, 3.8) is 0 Å². The van der Waals surface area contributed by atoms with Gasteiger partial charge in [-0.2, -0.15) is 0 Å². The van der Waals surface area contributed by atoms with Crippen LogP contribution >= 0.6 is 0 Å². The van der Waals surface area contributed by atoms with Crippen molar-refractivity contribution in [1.82, 2.24) is 4.98 Å². The predicted molar refractivity (Wildman–Crippen MR) is 112 cm³/mol. The number of ether oxygens (including phenoxy) is 3. The number of aryl methyl sites for hydroxylation is 1. The Labute approximate surface area is 169 Å². The molecule has 6 heteroatoms. The number of hydrogen-bond donors (Lipinski definition) is 1. The van der Waals surface area contributed by atoms with E-state index < -0.39 is 0 Å². The molecule has 0 unspecified atom stereocenters. The summed E-state index contributed by atoms with van der Waals surface area (Å²) < 4.78 is 16.9. The van der Waals surface area contributed by atoms with E-state index in [2.05, 4.69) is 10.3 Å². The summed E-state index contributed by atoms with van der Waals surface area (Å²) in [6, 6.07) is 11.2. The number of carbonyl (C=O) groups is 1. The molecule has 0 saturated carbocycles. The molecule has 1 N–H and O–H groups in total. The number of pyridine rings is 1. The number of amides is 1. The van der Waals surface area contributed by atoms with Crippen molar-refractivity contribution in [1.29, 1.82) is 0 Å². The second kappa shape index (κ2) is 7.62. The molecule has 29 heavy (non-hydrogen) atoms. The van der Waals surface area contributed by atoms with Gasteiger partial charge in [-0.1, -0.05) is 0 Å². The Hall–Kier alpha value is -3.28. The van der Waals surface area contributed by atoms with Crippen molar-refractivity contribution < 1.29 is 19.0 Å². The van der Waals surface area contributed by atoms with E-state index in [1.807, 2.05) is 57.2 Å². The third kappa shape index (κ3) is 3.70. The maximum Gasteiger partial charge on any atom is 0.257 e. The number of nitrogens with one attached hydrogen (secondary N) is 1. The first-order valence-electron chi connectivity index (χ1n) is 9.71. The monoisotopic (exact) mass is 392 g/mol. The molecular weight excluding hydrogens is 368 g/mol. The number of benzene rings is 2. The highest BCUT2D eigenvalue weighted by Gasteiger charge is 2.23. The molecular formula is C23H24N2O4. The van der Waals surface area contributed by atoms with Gasteiger partial charge in [-0.25, -0.2) is 0 Å². The molecule has 1 amide bonds. The number of hydrogen-bond acceptors (Lipinski definition) is 5. The summed E-state index contributed by atoms with van der Waals surface area (Å²) in [5, 5.41) is 3.82. The van der Waals surface area contributed by atoms with Crippen LogP contribution in [0.2, 0.25) is 0 Å². The number of anilines is 1.